The summed E-state index contributed by atoms with van der Waals surface area (Å²) in [4.78, 5) is 25.2. The first-order chi connectivity index (χ1) is 9.32. The second-order valence-electron chi connectivity index (χ2n) is 5.47. The number of carbonyl (C=O) groups is 2. The van der Waals surface area contributed by atoms with E-state index in [1.165, 1.54) is 11.8 Å². The van der Waals surface area contributed by atoms with Crippen LogP contribution in [0.25, 0.3) is 6.08 Å². The lowest BCUT2D eigenvalue weighted by atomic mass is 10.1. The summed E-state index contributed by atoms with van der Waals surface area (Å²) >= 11 is 6.59. The molecule has 1 amide bonds. The maximum Gasteiger partial charge on any atom is 0.266 e. The van der Waals surface area contributed by atoms with Gasteiger partial charge in [0.1, 0.15) is 10.6 Å². The van der Waals surface area contributed by atoms with Crippen LogP contribution in [0.3, 0.4) is 0 Å². The summed E-state index contributed by atoms with van der Waals surface area (Å²) in [7, 11) is 0. The van der Waals surface area contributed by atoms with Crippen LogP contribution in [0.15, 0.2) is 29.2 Å². The van der Waals surface area contributed by atoms with E-state index in [1.807, 2.05) is 32.9 Å². The molecule has 0 saturated carbocycles. The van der Waals surface area contributed by atoms with Crippen molar-refractivity contribution in [1.29, 1.82) is 0 Å². The van der Waals surface area contributed by atoms with Crippen LogP contribution < -0.4 is 0 Å². The Morgan fingerprint density at radius 3 is 2.15 bits per heavy atom. The normalized spacial score (nSPS) is 17.9. The number of benzene rings is 1. The van der Waals surface area contributed by atoms with Crippen molar-refractivity contribution >= 4 is 46.6 Å². The fraction of sp³-hybridized carbons (Fsp3) is 0.267. The fourth-order valence-corrected chi connectivity index (χ4v) is 3.50. The van der Waals surface area contributed by atoms with Crippen molar-refractivity contribution in [2.75, 3.05) is 0 Å². The van der Waals surface area contributed by atoms with Crippen LogP contribution in [0.4, 0.5) is 0 Å². The molecular weight excluding hydrogens is 290 g/mol. The molecule has 0 unspecified atom stereocenters. The van der Waals surface area contributed by atoms with Gasteiger partial charge in [0.2, 0.25) is 0 Å². The van der Waals surface area contributed by atoms with Gasteiger partial charge in [0.05, 0.1) is 4.91 Å². The van der Waals surface area contributed by atoms with Crippen molar-refractivity contribution in [2.45, 2.75) is 26.3 Å². The molecule has 20 heavy (non-hydrogen) atoms. The fourth-order valence-electron chi connectivity index (χ4n) is 1.87. The zero-order valence-electron chi connectivity index (χ0n) is 11.5. The van der Waals surface area contributed by atoms with Crippen LogP contribution in [-0.4, -0.2) is 27.0 Å². The van der Waals surface area contributed by atoms with Crippen molar-refractivity contribution in [2.24, 2.45) is 0 Å². The minimum atomic E-state index is -0.321. The van der Waals surface area contributed by atoms with Crippen molar-refractivity contribution in [3.63, 3.8) is 0 Å². The highest BCUT2D eigenvalue weighted by Gasteiger charge is 2.38. The van der Waals surface area contributed by atoms with Gasteiger partial charge in [-0.05, 0) is 32.4 Å². The number of nitrogens with zero attached hydrogens (tertiary/aromatic N) is 1. The molecule has 1 aliphatic heterocycles. The third kappa shape index (κ3) is 2.99. The molecular formula is C15H15NO2S2. The largest absolute Gasteiger partial charge is 0.298 e. The lowest BCUT2D eigenvalue weighted by molar-refractivity contribution is -0.125. The summed E-state index contributed by atoms with van der Waals surface area (Å²) in [6.07, 6.45) is 2.60. The average molecular weight is 305 g/mol. The van der Waals surface area contributed by atoms with Gasteiger partial charge in [0, 0.05) is 11.1 Å². The highest BCUT2D eigenvalue weighted by atomic mass is 32.2. The van der Waals surface area contributed by atoms with Gasteiger partial charge >= 0.3 is 0 Å². The molecule has 104 valence electrons. The van der Waals surface area contributed by atoms with E-state index in [2.05, 4.69) is 0 Å². The van der Waals surface area contributed by atoms with Gasteiger partial charge in [0.25, 0.3) is 5.91 Å². The molecule has 0 N–H and O–H groups in total. The van der Waals surface area contributed by atoms with Gasteiger partial charge in [-0.2, -0.15) is 0 Å². The predicted molar refractivity (Wildman–Crippen MR) is 86.6 cm³/mol. The summed E-state index contributed by atoms with van der Waals surface area (Å²) in [6, 6.07) is 7.08. The monoisotopic (exact) mass is 305 g/mol. The number of amides is 1. The van der Waals surface area contributed by atoms with Crippen molar-refractivity contribution in [3.8, 4) is 0 Å². The highest BCUT2D eigenvalue weighted by Crippen LogP contribution is 2.36. The van der Waals surface area contributed by atoms with E-state index in [0.717, 1.165) is 11.8 Å². The van der Waals surface area contributed by atoms with Crippen molar-refractivity contribution < 1.29 is 9.59 Å². The molecule has 3 nitrogen and oxygen atoms in total. The summed E-state index contributed by atoms with van der Waals surface area (Å²) in [5, 5.41) is 0. The van der Waals surface area contributed by atoms with Crippen molar-refractivity contribution in [3.05, 3.63) is 40.3 Å². The van der Waals surface area contributed by atoms with E-state index in [4.69, 9.17) is 12.2 Å². The zero-order chi connectivity index (χ0) is 14.9. The number of thioether (sulfide) groups is 1. The number of thiocarbonyl (C=S) groups is 1. The molecule has 1 saturated heterocycles. The van der Waals surface area contributed by atoms with Crippen LogP contribution in [0.2, 0.25) is 0 Å². The molecule has 0 atom stereocenters. The number of aldehydes is 1. The van der Waals surface area contributed by atoms with Crippen LogP contribution in [0.1, 0.15) is 36.7 Å². The third-order valence-electron chi connectivity index (χ3n) is 2.83. The summed E-state index contributed by atoms with van der Waals surface area (Å²) in [5.41, 5.74) is 1.17. The molecule has 0 aliphatic carbocycles. The number of hydrogen-bond acceptors (Lipinski definition) is 4. The zero-order valence-corrected chi connectivity index (χ0v) is 13.2. The Balaban J connectivity index is 2.29. The Hall–Kier alpha value is -1.46. The average Bonchev–Trinajstić information content (AvgIpc) is 2.64. The molecule has 1 heterocycles. The van der Waals surface area contributed by atoms with E-state index in [9.17, 15) is 9.59 Å². The lowest BCUT2D eigenvalue weighted by Gasteiger charge is -2.30. The molecule has 1 aromatic carbocycles. The molecule has 0 aromatic heterocycles. The van der Waals surface area contributed by atoms with Crippen LogP contribution in [-0.2, 0) is 4.79 Å². The molecule has 0 spiro atoms. The molecule has 1 fully saturated rings. The number of hydrogen-bond donors (Lipinski definition) is 0. The number of carbonyl (C=O) groups excluding carboxylic acids is 2. The van der Waals surface area contributed by atoms with Gasteiger partial charge in [0.15, 0.2) is 0 Å². The molecule has 1 aromatic rings. The van der Waals surface area contributed by atoms with E-state index < -0.39 is 0 Å². The van der Waals surface area contributed by atoms with Gasteiger partial charge < -0.3 is 0 Å². The molecule has 1 aliphatic rings. The minimum Gasteiger partial charge on any atom is -0.298 e. The van der Waals surface area contributed by atoms with Gasteiger partial charge in [-0.15, -0.1) is 0 Å². The Labute approximate surface area is 128 Å². The van der Waals surface area contributed by atoms with Crippen LogP contribution in [0, 0.1) is 0 Å². The quantitative estimate of drug-likeness (QED) is 0.476. The standard InChI is InChI=1S/C15H15NO2S2/c1-15(2,3)16-13(18)12(20-14(16)19)8-10-4-6-11(9-17)7-5-10/h4-9H,1-3H3/b12-8-. The Kier molecular flexibility index (Phi) is 4.11. The Bertz CT molecular complexity index is 597. The Morgan fingerprint density at radius 1 is 1.15 bits per heavy atom. The maximum absolute atomic E-state index is 12.4. The van der Waals surface area contributed by atoms with Crippen LogP contribution in [0.5, 0.6) is 0 Å². The van der Waals surface area contributed by atoms with E-state index in [-0.39, 0.29) is 11.4 Å². The first-order valence-corrected chi connectivity index (χ1v) is 7.39. The van der Waals surface area contributed by atoms with E-state index in [0.29, 0.717) is 14.8 Å². The minimum absolute atomic E-state index is 0.0630. The van der Waals surface area contributed by atoms with E-state index in [1.54, 1.807) is 23.1 Å². The molecule has 0 bridgehead atoms. The number of rotatable bonds is 2. The topological polar surface area (TPSA) is 37.4 Å². The second-order valence-corrected chi connectivity index (χ2v) is 7.15. The van der Waals surface area contributed by atoms with Crippen molar-refractivity contribution in [1.82, 2.24) is 4.90 Å². The first-order valence-electron chi connectivity index (χ1n) is 6.16. The molecule has 2 rings (SSSR count). The predicted octanol–water partition coefficient (Wildman–Crippen LogP) is 3.50. The Morgan fingerprint density at radius 2 is 1.70 bits per heavy atom. The molecule has 5 heteroatoms. The summed E-state index contributed by atoms with van der Waals surface area (Å²) < 4.78 is 0.582. The summed E-state index contributed by atoms with van der Waals surface area (Å²) in [5.74, 6) is -0.0630. The highest BCUT2D eigenvalue weighted by molar-refractivity contribution is 8.26. The lowest BCUT2D eigenvalue weighted by Crippen LogP contribution is -2.44. The third-order valence-corrected chi connectivity index (χ3v) is 4.14. The van der Waals surface area contributed by atoms with E-state index >= 15 is 0 Å². The second kappa shape index (κ2) is 5.50. The van der Waals surface area contributed by atoms with Gasteiger partial charge in [-0.1, -0.05) is 48.2 Å². The first kappa shape index (κ1) is 14.9. The van der Waals surface area contributed by atoms with Gasteiger partial charge in [-0.25, -0.2) is 0 Å². The smallest absolute Gasteiger partial charge is 0.266 e. The van der Waals surface area contributed by atoms with Crippen LogP contribution >= 0.6 is 24.0 Å². The SMILES string of the molecule is CC(C)(C)N1C(=O)/C(=C/c2ccc(C=O)cc2)SC1=S. The van der Waals surface area contributed by atoms with Gasteiger partial charge in [-0.3, -0.25) is 14.5 Å². The maximum atomic E-state index is 12.4. The molecule has 0 radical (unpaired) electrons. The summed E-state index contributed by atoms with van der Waals surface area (Å²) in [6.45, 7) is 5.87.